The molecule has 0 aliphatic carbocycles. The summed E-state index contributed by atoms with van der Waals surface area (Å²) in [5.74, 6) is -0.268. The Kier molecular flexibility index (Phi) is 8.56. The highest BCUT2D eigenvalue weighted by Crippen LogP contribution is 2.23. The molecular formula is C27H36N2O5. The summed E-state index contributed by atoms with van der Waals surface area (Å²) in [4.78, 5) is 28.3. The Hall–Kier alpha value is -3.06. The van der Waals surface area contributed by atoms with Gasteiger partial charge in [-0.3, -0.25) is 0 Å². The number of nitrogens with zero attached hydrogens (tertiary/aromatic N) is 2. The molecule has 3 rings (SSSR count). The van der Waals surface area contributed by atoms with Crippen LogP contribution < -0.4 is 4.74 Å². The minimum Gasteiger partial charge on any atom is -0.494 e. The Labute approximate surface area is 202 Å². The second-order valence-corrected chi connectivity index (χ2v) is 9.19. The van der Waals surface area contributed by atoms with Crippen LogP contribution in [0.4, 0.5) is 4.79 Å². The van der Waals surface area contributed by atoms with E-state index in [1.165, 1.54) is 12.7 Å². The number of urea groups is 1. The van der Waals surface area contributed by atoms with Crippen molar-refractivity contribution in [3.05, 3.63) is 65.2 Å². The molecule has 2 aromatic carbocycles. The van der Waals surface area contributed by atoms with Gasteiger partial charge in [0.1, 0.15) is 5.75 Å². The lowest BCUT2D eigenvalue weighted by Gasteiger charge is -2.23. The Balaban J connectivity index is 1.54. The van der Waals surface area contributed by atoms with Gasteiger partial charge in [0, 0.05) is 39.6 Å². The molecule has 2 aromatic rings. The number of amides is 2. The Bertz CT molecular complexity index is 960. The van der Waals surface area contributed by atoms with Crippen molar-refractivity contribution >= 4 is 12.0 Å². The highest BCUT2D eigenvalue weighted by Gasteiger charge is 2.36. The van der Waals surface area contributed by atoms with E-state index in [0.29, 0.717) is 19.7 Å². The average molecular weight is 469 g/mol. The maximum absolute atomic E-state index is 13.0. The number of ether oxygens (including phenoxy) is 2. The lowest BCUT2D eigenvalue weighted by Crippen LogP contribution is -2.39. The first-order valence-electron chi connectivity index (χ1n) is 11.9. The molecule has 1 fully saturated rings. The molecule has 34 heavy (non-hydrogen) atoms. The highest BCUT2D eigenvalue weighted by atomic mass is 16.5. The molecular weight excluding hydrogens is 432 g/mol. The van der Waals surface area contributed by atoms with Crippen LogP contribution in [0.1, 0.15) is 43.4 Å². The van der Waals surface area contributed by atoms with Gasteiger partial charge < -0.3 is 24.4 Å². The van der Waals surface area contributed by atoms with Crippen LogP contribution in [-0.4, -0.2) is 65.4 Å². The minimum absolute atomic E-state index is 0.0939. The molecule has 0 spiro atoms. The fourth-order valence-electron chi connectivity index (χ4n) is 4.22. The van der Waals surface area contributed by atoms with E-state index in [9.17, 15) is 14.7 Å². The summed E-state index contributed by atoms with van der Waals surface area (Å²) in [5.41, 5.74) is 1.95. The van der Waals surface area contributed by atoms with E-state index in [0.717, 1.165) is 36.3 Å². The second-order valence-electron chi connectivity index (χ2n) is 9.19. The van der Waals surface area contributed by atoms with Crippen LogP contribution in [0, 0.1) is 6.92 Å². The zero-order chi connectivity index (χ0) is 24.7. The molecule has 0 aromatic heterocycles. The van der Waals surface area contributed by atoms with Gasteiger partial charge in [-0.2, -0.15) is 0 Å². The number of hydrogen-bond donors (Lipinski definition) is 1. The highest BCUT2D eigenvalue weighted by molar-refractivity contribution is 5.77. The average Bonchev–Trinajstić information content (AvgIpc) is 3.11. The zero-order valence-corrected chi connectivity index (χ0v) is 20.6. The van der Waals surface area contributed by atoms with Crippen molar-refractivity contribution in [2.24, 2.45) is 0 Å². The van der Waals surface area contributed by atoms with E-state index in [4.69, 9.17) is 9.47 Å². The van der Waals surface area contributed by atoms with Crippen LogP contribution >= 0.6 is 0 Å². The van der Waals surface area contributed by atoms with Gasteiger partial charge >= 0.3 is 12.0 Å². The smallest absolute Gasteiger partial charge is 0.336 e. The molecule has 2 unspecified atom stereocenters. The molecule has 1 saturated heterocycles. The predicted molar refractivity (Wildman–Crippen MR) is 131 cm³/mol. The number of rotatable bonds is 12. The fraction of sp³-hybridized carbons (Fsp3) is 0.481. The summed E-state index contributed by atoms with van der Waals surface area (Å²) in [6.45, 7) is 8.26. The van der Waals surface area contributed by atoms with Crippen molar-refractivity contribution in [2.45, 2.75) is 58.2 Å². The monoisotopic (exact) mass is 468 g/mol. The van der Waals surface area contributed by atoms with E-state index in [2.05, 4.69) is 38.1 Å². The van der Waals surface area contributed by atoms with Crippen molar-refractivity contribution in [1.29, 1.82) is 0 Å². The first-order valence-corrected chi connectivity index (χ1v) is 11.9. The van der Waals surface area contributed by atoms with Crippen molar-refractivity contribution < 1.29 is 24.2 Å². The van der Waals surface area contributed by atoms with Crippen molar-refractivity contribution in [2.75, 3.05) is 26.8 Å². The topological polar surface area (TPSA) is 79.3 Å². The van der Waals surface area contributed by atoms with Crippen LogP contribution in [0.5, 0.6) is 5.75 Å². The van der Waals surface area contributed by atoms with Crippen LogP contribution in [-0.2, 0) is 22.5 Å². The van der Waals surface area contributed by atoms with Gasteiger partial charge in [-0.15, -0.1) is 0 Å². The maximum atomic E-state index is 13.0. The zero-order valence-electron chi connectivity index (χ0n) is 20.6. The van der Waals surface area contributed by atoms with E-state index in [-0.39, 0.29) is 18.5 Å². The first kappa shape index (κ1) is 25.6. The third kappa shape index (κ3) is 6.29. The molecule has 0 radical (unpaired) electrons. The summed E-state index contributed by atoms with van der Waals surface area (Å²) >= 11 is 0. The third-order valence-corrected chi connectivity index (χ3v) is 6.43. The van der Waals surface area contributed by atoms with Gasteiger partial charge in [0.2, 0.25) is 0 Å². The van der Waals surface area contributed by atoms with E-state index in [1.54, 1.807) is 6.92 Å². The molecule has 1 heterocycles. The van der Waals surface area contributed by atoms with E-state index >= 15 is 0 Å². The van der Waals surface area contributed by atoms with Gasteiger partial charge in [-0.05, 0) is 43.5 Å². The summed E-state index contributed by atoms with van der Waals surface area (Å²) in [5, 5.41) is 9.38. The van der Waals surface area contributed by atoms with Crippen molar-refractivity contribution in [3.63, 3.8) is 0 Å². The number of aryl methyl sites for hydroxylation is 1. The molecule has 2 atom stereocenters. The summed E-state index contributed by atoms with van der Waals surface area (Å²) in [7, 11) is 1.41. The Morgan fingerprint density at radius 2 is 1.76 bits per heavy atom. The van der Waals surface area contributed by atoms with Gasteiger partial charge in [0.05, 0.1) is 12.6 Å². The van der Waals surface area contributed by atoms with Crippen LogP contribution in [0.3, 0.4) is 0 Å². The lowest BCUT2D eigenvalue weighted by molar-refractivity contribution is -0.159. The molecule has 7 nitrogen and oxygen atoms in total. The number of benzene rings is 2. The van der Waals surface area contributed by atoms with Gasteiger partial charge in [-0.1, -0.05) is 48.9 Å². The van der Waals surface area contributed by atoms with Crippen molar-refractivity contribution in [3.8, 4) is 5.75 Å². The largest absolute Gasteiger partial charge is 0.494 e. The molecule has 1 aliphatic heterocycles. The normalized spacial score (nSPS) is 17.6. The van der Waals surface area contributed by atoms with Crippen LogP contribution in [0.25, 0.3) is 0 Å². The molecule has 184 valence electrons. The van der Waals surface area contributed by atoms with Crippen LogP contribution in [0.2, 0.25) is 0 Å². The van der Waals surface area contributed by atoms with Gasteiger partial charge in [0.15, 0.2) is 5.60 Å². The molecule has 7 heteroatoms. The Morgan fingerprint density at radius 1 is 1.12 bits per heavy atom. The predicted octanol–water partition coefficient (Wildman–Crippen LogP) is 4.51. The number of aliphatic carboxylic acids is 1. The standard InChI is InChI=1S/C27H36N2O5/c1-5-15-29-23(19-28(26(29)32)18-22-8-6-20(2)7-9-22)14-16-34-24-12-10-21(11-13-24)17-27(3,33-4)25(30)31/h6-13,23H,5,14-19H2,1-4H3,(H,30,31). The number of carbonyl (C=O) groups is 2. The molecule has 1 N–H and O–H groups in total. The molecule has 1 aliphatic rings. The quantitative estimate of drug-likeness (QED) is 0.496. The number of carbonyl (C=O) groups excluding carboxylic acids is 1. The van der Waals surface area contributed by atoms with Crippen molar-refractivity contribution in [1.82, 2.24) is 9.80 Å². The van der Waals surface area contributed by atoms with Gasteiger partial charge in [0.25, 0.3) is 0 Å². The van der Waals surface area contributed by atoms with E-state index < -0.39 is 11.6 Å². The van der Waals surface area contributed by atoms with Crippen LogP contribution in [0.15, 0.2) is 48.5 Å². The molecule has 0 bridgehead atoms. The lowest BCUT2D eigenvalue weighted by atomic mass is 9.96. The number of carboxylic acid groups (broad SMARTS) is 1. The third-order valence-electron chi connectivity index (χ3n) is 6.43. The fourth-order valence-corrected chi connectivity index (χ4v) is 4.22. The van der Waals surface area contributed by atoms with E-state index in [1.807, 2.05) is 34.1 Å². The second kappa shape index (κ2) is 11.4. The number of methoxy groups -OCH3 is 1. The summed E-state index contributed by atoms with van der Waals surface area (Å²) < 4.78 is 11.1. The Morgan fingerprint density at radius 3 is 2.35 bits per heavy atom. The maximum Gasteiger partial charge on any atom is 0.336 e. The minimum atomic E-state index is -1.26. The summed E-state index contributed by atoms with van der Waals surface area (Å²) in [6, 6.07) is 16.0. The molecule has 0 saturated carbocycles. The summed E-state index contributed by atoms with van der Waals surface area (Å²) in [6.07, 6.45) is 1.93. The number of hydrogen-bond acceptors (Lipinski definition) is 4. The molecule has 2 amide bonds. The van der Waals surface area contributed by atoms with Gasteiger partial charge in [-0.25, -0.2) is 9.59 Å². The SMILES string of the molecule is CCCN1C(=O)N(Cc2ccc(C)cc2)CC1CCOc1ccc(CC(C)(OC)C(=O)O)cc1. The first-order chi connectivity index (χ1) is 16.3. The number of carboxylic acids is 1.